The molecule has 2 rings (SSSR count). The van der Waals surface area contributed by atoms with Gasteiger partial charge in [0.2, 0.25) is 0 Å². The van der Waals surface area contributed by atoms with Gasteiger partial charge in [0.15, 0.2) is 0 Å². The van der Waals surface area contributed by atoms with E-state index in [1.807, 2.05) is 0 Å². The Balaban J connectivity index is 2.18. The average Bonchev–Trinajstić information content (AvgIpc) is 2.78. The van der Waals surface area contributed by atoms with Crippen molar-refractivity contribution in [2.45, 2.75) is 45.1 Å². The van der Waals surface area contributed by atoms with Gasteiger partial charge >= 0.3 is 0 Å². The highest BCUT2D eigenvalue weighted by Gasteiger charge is 2.30. The van der Waals surface area contributed by atoms with Crippen molar-refractivity contribution in [3.8, 4) is 0 Å². The van der Waals surface area contributed by atoms with Crippen LogP contribution in [0, 0.1) is 5.92 Å². The summed E-state index contributed by atoms with van der Waals surface area (Å²) in [5.41, 5.74) is 7.46. The molecule has 1 aliphatic heterocycles. The molecule has 1 fully saturated rings. The van der Waals surface area contributed by atoms with Gasteiger partial charge in [0.25, 0.3) is 0 Å². The zero-order chi connectivity index (χ0) is 12.5. The fourth-order valence-electron chi connectivity index (χ4n) is 2.23. The minimum atomic E-state index is 0.0190. The van der Waals surface area contributed by atoms with Crippen LogP contribution in [0.15, 0.2) is 0 Å². The largest absolute Gasteiger partial charge is 0.381 e. The van der Waals surface area contributed by atoms with Crippen LogP contribution in [0.3, 0.4) is 0 Å². The molecule has 1 atom stereocenters. The third kappa shape index (κ3) is 2.84. The molecule has 0 amide bonds. The van der Waals surface area contributed by atoms with E-state index in [0.717, 1.165) is 36.6 Å². The number of rotatable bonds is 2. The van der Waals surface area contributed by atoms with Crippen LogP contribution in [0.1, 0.15) is 50.2 Å². The van der Waals surface area contributed by atoms with Gasteiger partial charge in [-0.05, 0) is 30.3 Å². The monoisotopic (exact) mass is 255 g/mol. The molecule has 0 aromatic carbocycles. The SMILES string of the molecule is CC(C)(C)c1nnsc1C(N)C1CCOCC1. The van der Waals surface area contributed by atoms with E-state index in [-0.39, 0.29) is 11.5 Å². The fourth-order valence-corrected chi connectivity index (χ4v) is 3.18. The van der Waals surface area contributed by atoms with E-state index >= 15 is 0 Å². The second-order valence-corrected chi connectivity index (χ2v) is 6.50. The lowest BCUT2D eigenvalue weighted by molar-refractivity contribution is 0.0585. The topological polar surface area (TPSA) is 61.0 Å². The van der Waals surface area contributed by atoms with E-state index in [1.165, 1.54) is 11.5 Å². The molecule has 0 saturated carbocycles. The standard InChI is InChI=1S/C12H21N3OS/c1-12(2,3)11-10(17-15-14-11)9(13)8-4-6-16-7-5-8/h8-9H,4-7,13H2,1-3H3. The lowest BCUT2D eigenvalue weighted by Crippen LogP contribution is -2.29. The molecule has 0 aliphatic carbocycles. The van der Waals surface area contributed by atoms with Crippen LogP contribution in [0.5, 0.6) is 0 Å². The zero-order valence-corrected chi connectivity index (χ0v) is 11.6. The Morgan fingerprint density at radius 1 is 1.35 bits per heavy atom. The van der Waals surface area contributed by atoms with Crippen LogP contribution in [-0.4, -0.2) is 22.8 Å². The van der Waals surface area contributed by atoms with Gasteiger partial charge < -0.3 is 10.5 Å². The molecule has 1 saturated heterocycles. The second kappa shape index (κ2) is 5.00. The third-order valence-corrected chi connectivity index (χ3v) is 4.13. The van der Waals surface area contributed by atoms with Gasteiger partial charge in [-0.1, -0.05) is 25.3 Å². The number of hydrogen-bond acceptors (Lipinski definition) is 5. The van der Waals surface area contributed by atoms with Crippen molar-refractivity contribution in [1.82, 2.24) is 9.59 Å². The molecule has 2 heterocycles. The van der Waals surface area contributed by atoms with Gasteiger partial charge in [-0.15, -0.1) is 5.10 Å². The van der Waals surface area contributed by atoms with Crippen LogP contribution in [0.4, 0.5) is 0 Å². The molecular weight excluding hydrogens is 234 g/mol. The maximum atomic E-state index is 6.39. The highest BCUT2D eigenvalue weighted by atomic mass is 32.1. The minimum absolute atomic E-state index is 0.0190. The van der Waals surface area contributed by atoms with Crippen molar-refractivity contribution < 1.29 is 4.74 Å². The van der Waals surface area contributed by atoms with E-state index in [4.69, 9.17) is 10.5 Å². The van der Waals surface area contributed by atoms with E-state index in [0.29, 0.717) is 5.92 Å². The van der Waals surface area contributed by atoms with Gasteiger partial charge in [-0.3, -0.25) is 0 Å². The first-order chi connectivity index (χ1) is 8.00. The highest BCUT2D eigenvalue weighted by molar-refractivity contribution is 7.05. The Morgan fingerprint density at radius 2 is 2.00 bits per heavy atom. The Kier molecular flexibility index (Phi) is 3.80. The maximum Gasteiger partial charge on any atom is 0.0857 e. The van der Waals surface area contributed by atoms with E-state index in [1.54, 1.807) is 0 Å². The van der Waals surface area contributed by atoms with Crippen LogP contribution < -0.4 is 5.73 Å². The zero-order valence-electron chi connectivity index (χ0n) is 10.8. The molecule has 96 valence electrons. The lowest BCUT2D eigenvalue weighted by atomic mass is 9.85. The normalized spacial score (nSPS) is 20.5. The Morgan fingerprint density at radius 3 is 2.59 bits per heavy atom. The molecule has 0 spiro atoms. The van der Waals surface area contributed by atoms with Crippen molar-refractivity contribution in [2.75, 3.05) is 13.2 Å². The summed E-state index contributed by atoms with van der Waals surface area (Å²) >= 11 is 1.45. The van der Waals surface area contributed by atoms with Crippen LogP contribution >= 0.6 is 11.5 Å². The summed E-state index contributed by atoms with van der Waals surface area (Å²) in [6.45, 7) is 8.13. The molecule has 0 bridgehead atoms. The molecule has 5 heteroatoms. The van der Waals surface area contributed by atoms with Crippen LogP contribution in [0.2, 0.25) is 0 Å². The fraction of sp³-hybridized carbons (Fsp3) is 0.833. The molecule has 17 heavy (non-hydrogen) atoms. The average molecular weight is 255 g/mol. The highest BCUT2D eigenvalue weighted by Crippen LogP contribution is 2.35. The summed E-state index contributed by atoms with van der Waals surface area (Å²) in [7, 11) is 0. The van der Waals surface area contributed by atoms with E-state index < -0.39 is 0 Å². The number of nitrogens with zero attached hydrogens (tertiary/aromatic N) is 2. The quantitative estimate of drug-likeness (QED) is 0.880. The summed E-state index contributed by atoms with van der Waals surface area (Å²) in [6.07, 6.45) is 2.09. The molecule has 1 aromatic rings. The van der Waals surface area contributed by atoms with Gasteiger partial charge in [0.1, 0.15) is 0 Å². The Bertz CT molecular complexity index is 366. The first kappa shape index (κ1) is 12.9. The lowest BCUT2D eigenvalue weighted by Gasteiger charge is -2.28. The number of nitrogens with two attached hydrogens (primary N) is 1. The smallest absolute Gasteiger partial charge is 0.0857 e. The summed E-state index contributed by atoms with van der Waals surface area (Å²) in [5, 5.41) is 4.26. The molecule has 1 aromatic heterocycles. The third-order valence-electron chi connectivity index (χ3n) is 3.30. The first-order valence-corrected chi connectivity index (χ1v) is 6.93. The Labute approximate surface area is 107 Å². The summed E-state index contributed by atoms with van der Waals surface area (Å²) in [5.74, 6) is 0.507. The van der Waals surface area contributed by atoms with Crippen LogP contribution in [0.25, 0.3) is 0 Å². The molecule has 2 N–H and O–H groups in total. The molecule has 1 unspecified atom stereocenters. The summed E-state index contributed by atoms with van der Waals surface area (Å²) < 4.78 is 9.47. The maximum absolute atomic E-state index is 6.39. The van der Waals surface area contributed by atoms with Crippen molar-refractivity contribution in [3.63, 3.8) is 0 Å². The second-order valence-electron chi connectivity index (χ2n) is 5.71. The van der Waals surface area contributed by atoms with Crippen molar-refractivity contribution in [3.05, 3.63) is 10.6 Å². The van der Waals surface area contributed by atoms with Crippen molar-refractivity contribution in [1.29, 1.82) is 0 Å². The van der Waals surface area contributed by atoms with Gasteiger partial charge in [0, 0.05) is 24.7 Å². The predicted molar refractivity (Wildman–Crippen MR) is 69.1 cm³/mol. The Hall–Kier alpha value is -0.520. The molecule has 1 aliphatic rings. The van der Waals surface area contributed by atoms with E-state index in [2.05, 4.69) is 30.4 Å². The number of aromatic nitrogens is 2. The minimum Gasteiger partial charge on any atom is -0.381 e. The van der Waals surface area contributed by atoms with Crippen molar-refractivity contribution >= 4 is 11.5 Å². The number of hydrogen-bond donors (Lipinski definition) is 1. The van der Waals surface area contributed by atoms with Gasteiger partial charge in [0.05, 0.1) is 10.6 Å². The summed E-state index contributed by atoms with van der Waals surface area (Å²) in [4.78, 5) is 1.16. The van der Waals surface area contributed by atoms with Crippen LogP contribution in [-0.2, 0) is 10.2 Å². The van der Waals surface area contributed by atoms with E-state index in [9.17, 15) is 0 Å². The predicted octanol–water partition coefficient (Wildman–Crippen LogP) is 2.26. The molecule has 4 nitrogen and oxygen atoms in total. The first-order valence-electron chi connectivity index (χ1n) is 6.16. The molecule has 0 radical (unpaired) electrons. The van der Waals surface area contributed by atoms with Crippen molar-refractivity contribution in [2.24, 2.45) is 11.7 Å². The molecular formula is C12H21N3OS. The summed E-state index contributed by atoms with van der Waals surface area (Å²) in [6, 6.07) is 0.0631. The number of ether oxygens (including phenoxy) is 1. The van der Waals surface area contributed by atoms with Gasteiger partial charge in [-0.25, -0.2) is 0 Å². The van der Waals surface area contributed by atoms with Gasteiger partial charge in [-0.2, -0.15) is 0 Å².